The lowest BCUT2D eigenvalue weighted by Crippen LogP contribution is -2.36. The largest absolute Gasteiger partial charge is 0.497 e. The van der Waals surface area contributed by atoms with Gasteiger partial charge in [-0.3, -0.25) is 9.59 Å². The summed E-state index contributed by atoms with van der Waals surface area (Å²) in [6.07, 6.45) is 0.272. The van der Waals surface area contributed by atoms with Crippen molar-refractivity contribution in [3.8, 4) is 17.6 Å². The second kappa shape index (κ2) is 21.8. The highest BCUT2D eigenvalue weighted by Crippen LogP contribution is 2.46. The Hall–Kier alpha value is -5.86. The number of benzene rings is 6. The van der Waals surface area contributed by atoms with Crippen molar-refractivity contribution in [3.05, 3.63) is 155 Å². The van der Waals surface area contributed by atoms with Crippen molar-refractivity contribution >= 4 is 41.9 Å². The average molecular weight is 855 g/mol. The Balaban J connectivity index is 1.16. The average Bonchev–Trinajstić information content (AvgIpc) is 3.30. The van der Waals surface area contributed by atoms with Crippen LogP contribution in [-0.4, -0.2) is 75.7 Å². The molecule has 0 heterocycles. The zero-order valence-corrected chi connectivity index (χ0v) is 37.1. The maximum absolute atomic E-state index is 13.8. The molecule has 0 spiro atoms. The van der Waals surface area contributed by atoms with Gasteiger partial charge >= 0.3 is 0 Å². The van der Waals surface area contributed by atoms with Crippen LogP contribution in [-0.2, 0) is 19.4 Å². The van der Waals surface area contributed by atoms with Crippen LogP contribution in [0.25, 0.3) is 21.5 Å². The lowest BCUT2D eigenvalue weighted by atomic mass is 9.80. The van der Waals surface area contributed by atoms with Crippen molar-refractivity contribution in [3.63, 3.8) is 0 Å². The summed E-state index contributed by atoms with van der Waals surface area (Å²) in [4.78, 5) is 27.2. The fourth-order valence-corrected chi connectivity index (χ4v) is 9.17. The highest BCUT2D eigenvalue weighted by atomic mass is 31.2. The summed E-state index contributed by atoms with van der Waals surface area (Å²) in [5, 5.41) is 18.7. The van der Waals surface area contributed by atoms with Gasteiger partial charge < -0.3 is 33.9 Å². The molecular formula is C50H55N4O7P. The van der Waals surface area contributed by atoms with E-state index in [1.807, 2.05) is 121 Å². The number of methoxy groups -OCH3 is 2. The molecule has 0 fully saturated rings. The molecule has 0 saturated heterocycles. The van der Waals surface area contributed by atoms with Crippen molar-refractivity contribution < 1.29 is 32.8 Å². The summed E-state index contributed by atoms with van der Waals surface area (Å²) >= 11 is 0. The van der Waals surface area contributed by atoms with Crippen LogP contribution in [0, 0.1) is 11.3 Å². The zero-order chi connectivity index (χ0) is 44.1. The smallest absolute Gasteiger partial charge is 0.259 e. The fourth-order valence-electron chi connectivity index (χ4n) is 7.58. The van der Waals surface area contributed by atoms with Gasteiger partial charge in [0.1, 0.15) is 17.1 Å². The van der Waals surface area contributed by atoms with E-state index in [4.69, 9.17) is 28.5 Å². The lowest BCUT2D eigenvalue weighted by Gasteiger charge is -2.36. The van der Waals surface area contributed by atoms with Crippen LogP contribution in [0.15, 0.2) is 127 Å². The van der Waals surface area contributed by atoms with Crippen LogP contribution in [0.3, 0.4) is 0 Å². The Morgan fingerprint density at radius 3 is 1.55 bits per heavy atom. The topological polar surface area (TPSA) is 131 Å². The van der Waals surface area contributed by atoms with E-state index < -0.39 is 14.1 Å². The van der Waals surface area contributed by atoms with Crippen LogP contribution >= 0.6 is 8.53 Å². The molecule has 0 bridgehead atoms. The molecule has 11 nitrogen and oxygen atoms in total. The van der Waals surface area contributed by atoms with Gasteiger partial charge in [0.15, 0.2) is 0 Å². The highest BCUT2D eigenvalue weighted by Gasteiger charge is 2.38. The molecule has 6 aromatic carbocycles. The van der Waals surface area contributed by atoms with E-state index in [-0.39, 0.29) is 63.2 Å². The minimum Gasteiger partial charge on any atom is -0.497 e. The van der Waals surface area contributed by atoms with Gasteiger partial charge in [0.2, 0.25) is 0 Å². The van der Waals surface area contributed by atoms with E-state index in [9.17, 15) is 9.59 Å². The highest BCUT2D eigenvalue weighted by molar-refractivity contribution is 7.44. The normalized spacial score (nSPS) is 12.1. The van der Waals surface area contributed by atoms with E-state index in [1.54, 1.807) is 20.3 Å². The van der Waals surface area contributed by atoms with E-state index in [0.29, 0.717) is 11.1 Å². The summed E-state index contributed by atoms with van der Waals surface area (Å²) in [6.45, 7) is 9.55. The predicted octanol–water partition coefficient (Wildman–Crippen LogP) is 9.77. The Morgan fingerprint density at radius 2 is 1.08 bits per heavy atom. The number of ether oxygens (including phenoxy) is 3. The predicted molar refractivity (Wildman–Crippen MR) is 246 cm³/mol. The molecule has 62 heavy (non-hydrogen) atoms. The van der Waals surface area contributed by atoms with Gasteiger partial charge in [-0.05, 0) is 114 Å². The van der Waals surface area contributed by atoms with Crippen molar-refractivity contribution in [1.82, 2.24) is 15.3 Å². The second-order valence-electron chi connectivity index (χ2n) is 15.2. The third-order valence-corrected chi connectivity index (χ3v) is 12.6. The van der Waals surface area contributed by atoms with Crippen LogP contribution in [0.2, 0.25) is 0 Å². The molecule has 1 atom stereocenters. The van der Waals surface area contributed by atoms with Gasteiger partial charge in [-0.15, -0.1) is 0 Å². The molecule has 0 aliphatic rings. The summed E-state index contributed by atoms with van der Waals surface area (Å²) in [5.74, 6) is 0.973. The molecule has 6 aromatic rings. The number of fused-ring (bicyclic) bond motifs is 3. The Bertz CT molecular complexity index is 2400. The number of nitrogens with zero attached hydrogens (tertiary/aromatic N) is 2. The number of carbonyl (C=O) groups is 2. The first-order valence-electron chi connectivity index (χ1n) is 20.8. The maximum Gasteiger partial charge on any atom is 0.259 e. The number of amides is 2. The standard InChI is InChI=1S/C50H55N4O7P/c1-35(2)54(36(3)4)62(60-30-10-27-51)61-32-29-53-49(56)40-18-16-38-14-13-37-15-17-39(33-46(37)47(38)34-40)48(55)52-28-31-59-50(41-11-8-7-9-12-41,42-19-23-44(57-5)24-20-42)43-21-25-45(58-6)26-22-43/h7-9,11-26,33-36H,10,28-32H2,1-6H3,(H,52,55)(H,53,56). The molecule has 12 heteroatoms. The number of carbonyl (C=O) groups excluding carboxylic acids is 2. The van der Waals surface area contributed by atoms with Gasteiger partial charge in [-0.1, -0.05) is 78.9 Å². The van der Waals surface area contributed by atoms with Crippen LogP contribution in [0.5, 0.6) is 11.5 Å². The fraction of sp³-hybridized carbons (Fsp3) is 0.300. The van der Waals surface area contributed by atoms with Crippen LogP contribution in [0.4, 0.5) is 0 Å². The molecule has 0 aliphatic carbocycles. The van der Waals surface area contributed by atoms with Crippen molar-refractivity contribution in [2.45, 2.75) is 51.8 Å². The third-order valence-electron chi connectivity index (χ3n) is 10.5. The molecular weight excluding hydrogens is 800 g/mol. The Labute approximate surface area is 365 Å². The number of nitriles is 1. The molecule has 1 unspecified atom stereocenters. The quantitative estimate of drug-likeness (QED) is 0.0315. The first-order valence-corrected chi connectivity index (χ1v) is 21.9. The Morgan fingerprint density at radius 1 is 0.629 bits per heavy atom. The second-order valence-corrected chi connectivity index (χ2v) is 16.6. The van der Waals surface area contributed by atoms with Gasteiger partial charge in [0, 0.05) is 36.3 Å². The summed E-state index contributed by atoms with van der Waals surface area (Å²) in [6, 6.07) is 43.3. The zero-order valence-electron chi connectivity index (χ0n) is 36.2. The van der Waals surface area contributed by atoms with Crippen molar-refractivity contribution in [2.75, 3.05) is 47.1 Å². The summed E-state index contributed by atoms with van der Waals surface area (Å²) < 4.78 is 32.1. The summed E-state index contributed by atoms with van der Waals surface area (Å²) in [5.41, 5.74) is 2.69. The van der Waals surface area contributed by atoms with E-state index in [2.05, 4.69) is 49.1 Å². The minimum absolute atomic E-state index is 0.174. The third kappa shape index (κ3) is 10.8. The van der Waals surface area contributed by atoms with Crippen LogP contribution in [0.1, 0.15) is 71.5 Å². The first kappa shape index (κ1) is 45.7. The van der Waals surface area contributed by atoms with Crippen LogP contribution < -0.4 is 20.1 Å². The molecule has 0 saturated carbocycles. The lowest BCUT2D eigenvalue weighted by molar-refractivity contribution is 0.0148. The monoisotopic (exact) mass is 854 g/mol. The maximum atomic E-state index is 13.8. The van der Waals surface area contributed by atoms with Gasteiger partial charge in [0.25, 0.3) is 20.3 Å². The van der Waals surface area contributed by atoms with Gasteiger partial charge in [-0.25, -0.2) is 4.67 Å². The molecule has 0 aromatic heterocycles. The number of rotatable bonds is 21. The van der Waals surface area contributed by atoms with E-state index in [0.717, 1.165) is 49.7 Å². The molecule has 6 rings (SSSR count). The molecule has 0 aliphatic heterocycles. The van der Waals surface area contributed by atoms with Crippen molar-refractivity contribution in [1.29, 1.82) is 5.26 Å². The Kier molecular flexibility index (Phi) is 16.0. The summed E-state index contributed by atoms with van der Waals surface area (Å²) in [7, 11) is 1.86. The molecule has 2 amide bonds. The van der Waals surface area contributed by atoms with Gasteiger partial charge in [0.05, 0.1) is 46.5 Å². The number of hydrogen-bond donors (Lipinski definition) is 2. The van der Waals surface area contributed by atoms with E-state index >= 15 is 0 Å². The number of nitrogens with one attached hydrogen (secondary N) is 2. The number of hydrogen-bond acceptors (Lipinski definition) is 9. The van der Waals surface area contributed by atoms with Crippen molar-refractivity contribution in [2.24, 2.45) is 0 Å². The first-order chi connectivity index (χ1) is 30.1. The molecule has 322 valence electrons. The SMILES string of the molecule is COc1ccc(C(OCCNC(=O)c2ccc3ccc4ccc(C(=O)NCCOP(OCCC#N)N(C(C)C)C(C)C)cc4c3c2)(c2ccccc2)c2ccc(OC)cc2)cc1. The minimum atomic E-state index is -1.41. The molecule has 2 N–H and O–H groups in total. The van der Waals surface area contributed by atoms with Gasteiger partial charge in [-0.2, -0.15) is 5.26 Å². The molecule has 0 radical (unpaired) electrons. The van der Waals surface area contributed by atoms with E-state index in [1.165, 1.54) is 0 Å².